The molecule has 1 saturated carbocycles. The van der Waals surface area contributed by atoms with Gasteiger partial charge in [0.05, 0.1) is 13.2 Å². The van der Waals surface area contributed by atoms with Crippen molar-refractivity contribution in [2.24, 2.45) is 5.92 Å². The highest BCUT2D eigenvalue weighted by molar-refractivity contribution is 5.26. The van der Waals surface area contributed by atoms with E-state index in [9.17, 15) is 5.11 Å². The average Bonchev–Trinajstić information content (AvgIpc) is 2.94. The normalized spacial score (nSPS) is 16.6. The lowest BCUT2D eigenvalue weighted by Crippen LogP contribution is -2.39. The lowest BCUT2D eigenvalue weighted by Gasteiger charge is -2.32. The van der Waals surface area contributed by atoms with Crippen molar-refractivity contribution in [3.8, 4) is 0 Å². The standard InChI is InChI=1S/C15H28N4O2/c1-12(2)10-16-11-14-17-18-15(21-14)19(8-9-20)13-6-4-3-5-7-13/h12-13,16,20H,3-11H2,1-2H3. The first-order valence-corrected chi connectivity index (χ1v) is 8.11. The van der Waals surface area contributed by atoms with Crippen LogP contribution in [0.3, 0.4) is 0 Å². The summed E-state index contributed by atoms with van der Waals surface area (Å²) < 4.78 is 5.76. The molecule has 0 aliphatic heterocycles. The number of hydrogen-bond acceptors (Lipinski definition) is 6. The molecular formula is C15H28N4O2. The van der Waals surface area contributed by atoms with Crippen LogP contribution < -0.4 is 10.2 Å². The zero-order valence-electron chi connectivity index (χ0n) is 13.2. The Balaban J connectivity index is 1.94. The van der Waals surface area contributed by atoms with Crippen LogP contribution >= 0.6 is 0 Å². The number of hydrogen-bond donors (Lipinski definition) is 2. The van der Waals surface area contributed by atoms with Crippen molar-refractivity contribution in [1.82, 2.24) is 15.5 Å². The van der Waals surface area contributed by atoms with Crippen molar-refractivity contribution in [1.29, 1.82) is 0 Å². The maximum absolute atomic E-state index is 9.29. The zero-order valence-corrected chi connectivity index (χ0v) is 13.2. The number of nitrogens with zero attached hydrogens (tertiary/aromatic N) is 3. The van der Waals surface area contributed by atoms with Gasteiger partial charge in [-0.3, -0.25) is 0 Å². The average molecular weight is 296 g/mol. The summed E-state index contributed by atoms with van der Waals surface area (Å²) in [4.78, 5) is 2.08. The van der Waals surface area contributed by atoms with Gasteiger partial charge < -0.3 is 19.7 Å². The van der Waals surface area contributed by atoms with E-state index in [1.54, 1.807) is 0 Å². The Morgan fingerprint density at radius 3 is 2.71 bits per heavy atom. The molecule has 0 bridgehead atoms. The SMILES string of the molecule is CC(C)CNCc1nnc(N(CCO)C2CCCCC2)o1. The van der Waals surface area contributed by atoms with Crippen molar-refractivity contribution in [2.45, 2.75) is 58.5 Å². The van der Waals surface area contributed by atoms with E-state index in [-0.39, 0.29) is 6.61 Å². The predicted octanol–water partition coefficient (Wildman–Crippen LogP) is 1.95. The molecule has 1 fully saturated rings. The summed E-state index contributed by atoms with van der Waals surface area (Å²) in [5.41, 5.74) is 0. The number of aromatic nitrogens is 2. The largest absolute Gasteiger partial charge is 0.407 e. The number of rotatable bonds is 8. The molecule has 2 rings (SSSR count). The summed E-state index contributed by atoms with van der Waals surface area (Å²) in [6.45, 7) is 6.53. The number of aliphatic hydroxyl groups is 1. The minimum absolute atomic E-state index is 0.111. The van der Waals surface area contributed by atoms with Crippen LogP contribution in [0.2, 0.25) is 0 Å². The molecule has 0 spiro atoms. The third kappa shape index (κ3) is 4.97. The first kappa shape index (κ1) is 16.2. The Hall–Kier alpha value is -1.14. The molecular weight excluding hydrogens is 268 g/mol. The van der Waals surface area contributed by atoms with E-state index in [0.29, 0.717) is 37.0 Å². The van der Waals surface area contributed by atoms with Crippen LogP contribution in [0.5, 0.6) is 0 Å². The monoisotopic (exact) mass is 296 g/mol. The third-order valence-electron chi connectivity index (χ3n) is 3.89. The molecule has 2 N–H and O–H groups in total. The number of anilines is 1. The van der Waals surface area contributed by atoms with Gasteiger partial charge in [0.2, 0.25) is 5.89 Å². The Labute approximate surface area is 126 Å². The molecule has 1 aliphatic carbocycles. The third-order valence-corrected chi connectivity index (χ3v) is 3.89. The van der Waals surface area contributed by atoms with E-state index in [1.807, 2.05) is 0 Å². The molecule has 0 aromatic carbocycles. The molecule has 6 heteroatoms. The fraction of sp³-hybridized carbons (Fsp3) is 0.867. The maximum Gasteiger partial charge on any atom is 0.318 e. The lowest BCUT2D eigenvalue weighted by atomic mass is 9.94. The van der Waals surface area contributed by atoms with Crippen molar-refractivity contribution in [3.63, 3.8) is 0 Å². The minimum Gasteiger partial charge on any atom is -0.407 e. The predicted molar refractivity (Wildman–Crippen MR) is 82.1 cm³/mol. The van der Waals surface area contributed by atoms with Gasteiger partial charge in [-0.25, -0.2) is 0 Å². The second-order valence-electron chi connectivity index (χ2n) is 6.21. The topological polar surface area (TPSA) is 74.4 Å². The van der Waals surface area contributed by atoms with Gasteiger partial charge in [-0.2, -0.15) is 0 Å². The number of aliphatic hydroxyl groups excluding tert-OH is 1. The van der Waals surface area contributed by atoms with Crippen LogP contribution in [0, 0.1) is 5.92 Å². The van der Waals surface area contributed by atoms with Gasteiger partial charge in [0.1, 0.15) is 0 Å². The molecule has 120 valence electrons. The Morgan fingerprint density at radius 1 is 1.29 bits per heavy atom. The maximum atomic E-state index is 9.29. The molecule has 0 amide bonds. The summed E-state index contributed by atoms with van der Waals surface area (Å²) >= 11 is 0. The van der Waals surface area contributed by atoms with Gasteiger partial charge in [-0.15, -0.1) is 5.10 Å². The van der Waals surface area contributed by atoms with Gasteiger partial charge in [0.25, 0.3) is 0 Å². The second-order valence-corrected chi connectivity index (χ2v) is 6.21. The van der Waals surface area contributed by atoms with Crippen LogP contribution in [0.25, 0.3) is 0 Å². The van der Waals surface area contributed by atoms with Gasteiger partial charge in [-0.05, 0) is 25.3 Å². The van der Waals surface area contributed by atoms with Crippen LogP contribution in [0.15, 0.2) is 4.42 Å². The Kier molecular flexibility index (Phi) is 6.45. The van der Waals surface area contributed by atoms with E-state index >= 15 is 0 Å². The minimum atomic E-state index is 0.111. The molecule has 1 aromatic rings. The summed E-state index contributed by atoms with van der Waals surface area (Å²) in [6, 6.07) is 0.972. The van der Waals surface area contributed by atoms with E-state index in [4.69, 9.17) is 4.42 Å². The zero-order chi connectivity index (χ0) is 15.1. The molecule has 21 heavy (non-hydrogen) atoms. The summed E-state index contributed by atoms with van der Waals surface area (Å²) in [7, 11) is 0. The lowest BCUT2D eigenvalue weighted by molar-refractivity contribution is 0.283. The Bertz CT molecular complexity index is 402. The molecule has 1 heterocycles. The van der Waals surface area contributed by atoms with Gasteiger partial charge in [-0.1, -0.05) is 38.2 Å². The van der Waals surface area contributed by atoms with Crippen LogP contribution in [0.1, 0.15) is 51.8 Å². The Morgan fingerprint density at radius 2 is 2.05 bits per heavy atom. The highest BCUT2D eigenvalue weighted by atomic mass is 16.4. The first-order chi connectivity index (χ1) is 10.2. The van der Waals surface area contributed by atoms with Gasteiger partial charge in [0.15, 0.2) is 0 Å². The molecule has 6 nitrogen and oxygen atoms in total. The molecule has 0 radical (unpaired) electrons. The molecule has 1 aliphatic rings. The van der Waals surface area contributed by atoms with Crippen LogP contribution in [0.4, 0.5) is 6.01 Å². The first-order valence-electron chi connectivity index (χ1n) is 8.11. The fourth-order valence-corrected chi connectivity index (χ4v) is 2.83. The molecule has 1 aromatic heterocycles. The molecule has 0 unspecified atom stereocenters. The highest BCUT2D eigenvalue weighted by Gasteiger charge is 2.25. The fourth-order valence-electron chi connectivity index (χ4n) is 2.83. The smallest absolute Gasteiger partial charge is 0.318 e. The summed E-state index contributed by atoms with van der Waals surface area (Å²) in [6.07, 6.45) is 6.07. The number of nitrogens with one attached hydrogen (secondary N) is 1. The van der Waals surface area contributed by atoms with Crippen LogP contribution in [-0.2, 0) is 6.54 Å². The van der Waals surface area contributed by atoms with E-state index < -0.39 is 0 Å². The quantitative estimate of drug-likeness (QED) is 0.764. The van der Waals surface area contributed by atoms with Crippen molar-refractivity contribution >= 4 is 6.01 Å². The summed E-state index contributed by atoms with van der Waals surface area (Å²) in [5.74, 6) is 1.21. The van der Waals surface area contributed by atoms with E-state index in [2.05, 4.69) is 34.3 Å². The highest BCUT2D eigenvalue weighted by Crippen LogP contribution is 2.26. The molecule has 0 saturated heterocycles. The van der Waals surface area contributed by atoms with Gasteiger partial charge in [0, 0.05) is 12.6 Å². The second kappa shape index (κ2) is 8.34. The molecule has 0 atom stereocenters. The van der Waals surface area contributed by atoms with E-state index in [0.717, 1.165) is 19.4 Å². The summed E-state index contributed by atoms with van der Waals surface area (Å²) in [5, 5.41) is 20.9. The van der Waals surface area contributed by atoms with Crippen LogP contribution in [-0.4, -0.2) is 41.0 Å². The van der Waals surface area contributed by atoms with Crippen molar-refractivity contribution < 1.29 is 9.52 Å². The van der Waals surface area contributed by atoms with Crippen molar-refractivity contribution in [3.05, 3.63) is 5.89 Å². The van der Waals surface area contributed by atoms with Crippen molar-refractivity contribution in [2.75, 3.05) is 24.6 Å². The van der Waals surface area contributed by atoms with E-state index in [1.165, 1.54) is 19.3 Å². The van der Waals surface area contributed by atoms with Gasteiger partial charge >= 0.3 is 6.01 Å².